The second-order valence-corrected chi connectivity index (χ2v) is 6.74. The summed E-state index contributed by atoms with van der Waals surface area (Å²) in [6.45, 7) is 3.45. The van der Waals surface area contributed by atoms with Crippen molar-refractivity contribution in [2.45, 2.75) is 26.3 Å². The molecular weight excluding hydrogens is 388 g/mol. The van der Waals surface area contributed by atoms with E-state index in [2.05, 4.69) is 5.32 Å². The lowest BCUT2D eigenvalue weighted by Crippen LogP contribution is -2.41. The lowest BCUT2D eigenvalue weighted by atomic mass is 10.1. The number of para-hydroxylation sites is 2. The fourth-order valence-corrected chi connectivity index (χ4v) is 3.16. The fraction of sp³-hybridized carbons (Fsp3) is 0.318. The van der Waals surface area contributed by atoms with Gasteiger partial charge >= 0.3 is 5.97 Å². The quantitative estimate of drug-likeness (QED) is 0.703. The molecule has 2 aromatic carbocycles. The number of rotatable bonds is 7. The van der Waals surface area contributed by atoms with Crippen LogP contribution in [-0.4, -0.2) is 43.6 Å². The number of amides is 2. The summed E-state index contributed by atoms with van der Waals surface area (Å²) in [7, 11) is 0. The van der Waals surface area contributed by atoms with Crippen molar-refractivity contribution in [3.05, 3.63) is 48.5 Å². The van der Waals surface area contributed by atoms with Crippen LogP contribution >= 0.6 is 0 Å². The molecule has 0 aliphatic carbocycles. The molecule has 8 nitrogen and oxygen atoms in total. The summed E-state index contributed by atoms with van der Waals surface area (Å²) in [5.74, 6) is -0.0618. The first-order chi connectivity index (χ1) is 14.5. The number of benzene rings is 2. The maximum absolute atomic E-state index is 12.8. The van der Waals surface area contributed by atoms with Crippen LogP contribution in [0.15, 0.2) is 48.5 Å². The highest BCUT2D eigenvalue weighted by Gasteiger charge is 2.30. The molecule has 0 spiro atoms. The van der Waals surface area contributed by atoms with Crippen molar-refractivity contribution >= 4 is 29.2 Å². The molecule has 30 heavy (non-hydrogen) atoms. The highest BCUT2D eigenvalue weighted by Crippen LogP contribution is 2.31. The van der Waals surface area contributed by atoms with Crippen LogP contribution in [-0.2, 0) is 19.1 Å². The SMILES string of the molecule is CCOc1ccc(OCC(=O)OCC(=O)N2c3ccccc3NC(=O)CC2C)cc1. The Morgan fingerprint density at radius 3 is 2.40 bits per heavy atom. The van der Waals surface area contributed by atoms with Gasteiger partial charge in [-0.15, -0.1) is 0 Å². The van der Waals surface area contributed by atoms with Crippen molar-refractivity contribution in [2.24, 2.45) is 0 Å². The Hall–Kier alpha value is -3.55. The molecule has 0 aromatic heterocycles. The van der Waals surface area contributed by atoms with Crippen LogP contribution in [0.4, 0.5) is 11.4 Å². The molecule has 2 aromatic rings. The zero-order chi connectivity index (χ0) is 21.5. The monoisotopic (exact) mass is 412 g/mol. The van der Waals surface area contributed by atoms with Gasteiger partial charge in [-0.25, -0.2) is 4.79 Å². The molecule has 1 heterocycles. The Morgan fingerprint density at radius 2 is 1.70 bits per heavy atom. The van der Waals surface area contributed by atoms with Crippen molar-refractivity contribution in [2.75, 3.05) is 30.0 Å². The van der Waals surface area contributed by atoms with Gasteiger partial charge in [-0.05, 0) is 50.2 Å². The third-order valence-electron chi connectivity index (χ3n) is 4.48. The van der Waals surface area contributed by atoms with Crippen LogP contribution in [0.3, 0.4) is 0 Å². The normalized spacial score (nSPS) is 15.5. The average molecular weight is 412 g/mol. The first kappa shape index (κ1) is 21.2. The molecular formula is C22H24N2O6. The van der Waals surface area contributed by atoms with Gasteiger partial charge in [0.05, 0.1) is 18.0 Å². The van der Waals surface area contributed by atoms with E-state index in [0.717, 1.165) is 0 Å². The van der Waals surface area contributed by atoms with Gasteiger partial charge in [0.15, 0.2) is 13.2 Å². The molecule has 1 atom stereocenters. The van der Waals surface area contributed by atoms with E-state index in [1.165, 1.54) is 4.90 Å². The number of hydrogen-bond donors (Lipinski definition) is 1. The van der Waals surface area contributed by atoms with Gasteiger partial charge in [-0.2, -0.15) is 0 Å². The van der Waals surface area contributed by atoms with E-state index in [9.17, 15) is 14.4 Å². The van der Waals surface area contributed by atoms with Crippen LogP contribution in [0.25, 0.3) is 0 Å². The number of ether oxygens (including phenoxy) is 3. The summed E-state index contributed by atoms with van der Waals surface area (Å²) >= 11 is 0. The van der Waals surface area contributed by atoms with E-state index in [4.69, 9.17) is 14.2 Å². The van der Waals surface area contributed by atoms with Gasteiger partial charge in [0.2, 0.25) is 5.91 Å². The Balaban J connectivity index is 1.55. The molecule has 8 heteroatoms. The fourth-order valence-electron chi connectivity index (χ4n) is 3.16. The second kappa shape index (κ2) is 9.78. The molecule has 0 bridgehead atoms. The number of hydrogen-bond acceptors (Lipinski definition) is 6. The molecule has 1 unspecified atom stereocenters. The van der Waals surface area contributed by atoms with E-state index in [-0.39, 0.29) is 25.0 Å². The van der Waals surface area contributed by atoms with Crippen molar-refractivity contribution in [1.82, 2.24) is 0 Å². The van der Waals surface area contributed by atoms with Crippen molar-refractivity contribution in [1.29, 1.82) is 0 Å². The Bertz CT molecular complexity index is 912. The Kier molecular flexibility index (Phi) is 6.90. The third-order valence-corrected chi connectivity index (χ3v) is 4.48. The van der Waals surface area contributed by atoms with Crippen LogP contribution in [0.5, 0.6) is 11.5 Å². The maximum atomic E-state index is 12.8. The standard InChI is InChI=1S/C22H24N2O6/c1-3-28-16-8-10-17(11-9-16)29-14-22(27)30-13-21(26)24-15(2)12-20(25)23-18-6-4-5-7-19(18)24/h4-11,15H,3,12-14H2,1-2H3,(H,23,25). The minimum atomic E-state index is -0.665. The predicted octanol–water partition coefficient (Wildman–Crippen LogP) is 2.77. The van der Waals surface area contributed by atoms with Crippen LogP contribution in [0, 0.1) is 0 Å². The van der Waals surface area contributed by atoms with Gasteiger partial charge in [0, 0.05) is 12.5 Å². The lowest BCUT2D eigenvalue weighted by Gasteiger charge is -2.27. The summed E-state index contributed by atoms with van der Waals surface area (Å²) < 4.78 is 15.8. The molecule has 3 rings (SSSR count). The smallest absolute Gasteiger partial charge is 0.344 e. The van der Waals surface area contributed by atoms with E-state index in [0.29, 0.717) is 29.5 Å². The number of fused-ring (bicyclic) bond motifs is 1. The topological polar surface area (TPSA) is 94.2 Å². The zero-order valence-corrected chi connectivity index (χ0v) is 16.9. The predicted molar refractivity (Wildman–Crippen MR) is 111 cm³/mol. The van der Waals surface area contributed by atoms with Gasteiger partial charge in [0.25, 0.3) is 5.91 Å². The summed E-state index contributed by atoms with van der Waals surface area (Å²) in [4.78, 5) is 38.3. The van der Waals surface area contributed by atoms with Crippen molar-refractivity contribution in [3.8, 4) is 11.5 Å². The van der Waals surface area contributed by atoms with Crippen LogP contribution in [0.2, 0.25) is 0 Å². The van der Waals surface area contributed by atoms with Gasteiger partial charge in [0.1, 0.15) is 11.5 Å². The number of nitrogens with zero attached hydrogens (tertiary/aromatic N) is 1. The lowest BCUT2D eigenvalue weighted by molar-refractivity contribution is -0.149. The van der Waals surface area contributed by atoms with Gasteiger partial charge in [-0.1, -0.05) is 12.1 Å². The molecule has 0 radical (unpaired) electrons. The number of esters is 1. The Labute approximate surface area is 174 Å². The molecule has 0 saturated heterocycles. The van der Waals surface area contributed by atoms with Gasteiger partial charge in [-0.3, -0.25) is 9.59 Å². The summed E-state index contributed by atoms with van der Waals surface area (Å²) in [6, 6.07) is 13.5. The highest BCUT2D eigenvalue weighted by atomic mass is 16.6. The van der Waals surface area contributed by atoms with Crippen LogP contribution < -0.4 is 19.7 Å². The molecule has 0 fully saturated rings. The Morgan fingerprint density at radius 1 is 1.03 bits per heavy atom. The number of anilines is 2. The molecule has 2 amide bonds. The second-order valence-electron chi connectivity index (χ2n) is 6.74. The van der Waals surface area contributed by atoms with E-state index in [1.54, 1.807) is 55.5 Å². The third kappa shape index (κ3) is 5.28. The van der Waals surface area contributed by atoms with E-state index in [1.807, 2.05) is 6.92 Å². The first-order valence-corrected chi connectivity index (χ1v) is 9.70. The maximum Gasteiger partial charge on any atom is 0.344 e. The van der Waals surface area contributed by atoms with E-state index < -0.39 is 18.5 Å². The number of nitrogens with one attached hydrogen (secondary N) is 1. The highest BCUT2D eigenvalue weighted by molar-refractivity contribution is 6.05. The summed E-state index contributed by atoms with van der Waals surface area (Å²) in [5, 5.41) is 2.78. The van der Waals surface area contributed by atoms with Gasteiger partial charge < -0.3 is 24.4 Å². The first-order valence-electron chi connectivity index (χ1n) is 9.70. The summed E-state index contributed by atoms with van der Waals surface area (Å²) in [6.07, 6.45) is 0.148. The number of carbonyl (C=O) groups excluding carboxylic acids is 3. The minimum absolute atomic E-state index is 0.148. The molecule has 1 N–H and O–H groups in total. The van der Waals surface area contributed by atoms with Crippen molar-refractivity contribution < 1.29 is 28.6 Å². The largest absolute Gasteiger partial charge is 0.494 e. The molecule has 1 aliphatic rings. The number of carbonyl (C=O) groups is 3. The minimum Gasteiger partial charge on any atom is -0.494 e. The average Bonchev–Trinajstić information content (AvgIpc) is 2.86. The zero-order valence-electron chi connectivity index (χ0n) is 16.9. The molecule has 1 aliphatic heterocycles. The van der Waals surface area contributed by atoms with Crippen LogP contribution in [0.1, 0.15) is 20.3 Å². The van der Waals surface area contributed by atoms with E-state index >= 15 is 0 Å². The van der Waals surface area contributed by atoms with Crippen molar-refractivity contribution in [3.63, 3.8) is 0 Å². The molecule has 158 valence electrons. The molecule has 0 saturated carbocycles. The summed E-state index contributed by atoms with van der Waals surface area (Å²) in [5.41, 5.74) is 1.12.